The molecule has 3 N–H and O–H groups in total. The fourth-order valence-electron chi connectivity index (χ4n) is 1.26. The molecule has 4 nitrogen and oxygen atoms in total. The van der Waals surface area contributed by atoms with E-state index in [1.807, 2.05) is 0 Å². The number of hydrogen-bond acceptors (Lipinski definition) is 4. The summed E-state index contributed by atoms with van der Waals surface area (Å²) in [6, 6.07) is 6.45. The number of thiophene rings is 1. The van der Waals surface area contributed by atoms with Gasteiger partial charge in [0.1, 0.15) is 10.0 Å². The molecule has 0 amide bonds. The predicted molar refractivity (Wildman–Crippen MR) is 70.9 cm³/mol. The van der Waals surface area contributed by atoms with Crippen LogP contribution in [0, 0.1) is 5.82 Å². The van der Waals surface area contributed by atoms with Crippen LogP contribution in [0.3, 0.4) is 0 Å². The van der Waals surface area contributed by atoms with E-state index in [1.54, 1.807) is 0 Å². The van der Waals surface area contributed by atoms with Crippen LogP contribution in [0.1, 0.15) is 0 Å². The molecule has 96 valence electrons. The molecule has 0 aliphatic carbocycles. The van der Waals surface area contributed by atoms with E-state index in [4.69, 9.17) is 17.3 Å². The molecule has 0 radical (unpaired) electrons. The van der Waals surface area contributed by atoms with Crippen LogP contribution in [-0.4, -0.2) is 8.42 Å². The van der Waals surface area contributed by atoms with Gasteiger partial charge in [0.25, 0.3) is 10.0 Å². The molecule has 8 heteroatoms. The van der Waals surface area contributed by atoms with Gasteiger partial charge in [-0.3, -0.25) is 4.72 Å². The number of nitrogens with two attached hydrogens (primary N) is 1. The SMILES string of the molecule is Nc1ccc(F)c(NS(=O)(=O)c2ccc(Cl)s2)c1. The van der Waals surface area contributed by atoms with Crippen molar-refractivity contribution in [3.63, 3.8) is 0 Å². The fraction of sp³-hybridized carbons (Fsp3) is 0. The molecule has 1 heterocycles. The molecule has 0 bridgehead atoms. The van der Waals surface area contributed by atoms with Gasteiger partial charge in [-0.15, -0.1) is 11.3 Å². The second-order valence-electron chi connectivity index (χ2n) is 3.40. The zero-order valence-electron chi connectivity index (χ0n) is 8.85. The zero-order chi connectivity index (χ0) is 13.3. The van der Waals surface area contributed by atoms with Gasteiger partial charge in [-0.25, -0.2) is 12.8 Å². The van der Waals surface area contributed by atoms with Gasteiger partial charge in [-0.2, -0.15) is 0 Å². The summed E-state index contributed by atoms with van der Waals surface area (Å²) in [4.78, 5) is 0. The Morgan fingerprint density at radius 3 is 2.61 bits per heavy atom. The van der Waals surface area contributed by atoms with Crippen LogP contribution in [0.4, 0.5) is 15.8 Å². The molecule has 0 aliphatic heterocycles. The minimum absolute atomic E-state index is 0.00863. The van der Waals surface area contributed by atoms with Crippen molar-refractivity contribution in [1.29, 1.82) is 0 Å². The Kier molecular flexibility index (Phi) is 3.47. The van der Waals surface area contributed by atoms with E-state index < -0.39 is 15.8 Å². The van der Waals surface area contributed by atoms with Crippen molar-refractivity contribution in [3.05, 3.63) is 40.5 Å². The molecule has 0 saturated carbocycles. The van der Waals surface area contributed by atoms with Gasteiger partial charge in [0.15, 0.2) is 0 Å². The maximum atomic E-state index is 13.4. The van der Waals surface area contributed by atoms with Crippen LogP contribution in [-0.2, 0) is 10.0 Å². The van der Waals surface area contributed by atoms with Crippen molar-refractivity contribution in [3.8, 4) is 0 Å². The van der Waals surface area contributed by atoms with Crippen molar-refractivity contribution in [2.75, 3.05) is 10.5 Å². The highest BCUT2D eigenvalue weighted by Gasteiger charge is 2.18. The van der Waals surface area contributed by atoms with E-state index in [1.165, 1.54) is 24.3 Å². The van der Waals surface area contributed by atoms with E-state index >= 15 is 0 Å². The standard InChI is InChI=1S/C10H8ClFN2O2S2/c11-9-3-4-10(17-9)18(15,16)14-8-5-6(13)1-2-7(8)12/h1-5,14H,13H2. The van der Waals surface area contributed by atoms with Crippen LogP contribution in [0.25, 0.3) is 0 Å². The summed E-state index contributed by atoms with van der Waals surface area (Å²) < 4.78 is 39.7. The Bertz CT molecular complexity index is 685. The molecule has 1 aromatic heterocycles. The minimum Gasteiger partial charge on any atom is -0.399 e. The van der Waals surface area contributed by atoms with Gasteiger partial charge < -0.3 is 5.73 Å². The van der Waals surface area contributed by atoms with Gasteiger partial charge in [-0.1, -0.05) is 11.6 Å². The molecule has 2 aromatic rings. The number of nitrogens with one attached hydrogen (secondary N) is 1. The van der Waals surface area contributed by atoms with E-state index in [-0.39, 0.29) is 15.6 Å². The van der Waals surface area contributed by atoms with Gasteiger partial charge in [0, 0.05) is 5.69 Å². The molecule has 0 fully saturated rings. The topological polar surface area (TPSA) is 72.2 Å². The highest BCUT2D eigenvalue weighted by Crippen LogP contribution is 2.28. The Hall–Kier alpha value is -1.31. The number of halogens is 2. The van der Waals surface area contributed by atoms with Crippen LogP contribution in [0.2, 0.25) is 4.34 Å². The highest BCUT2D eigenvalue weighted by molar-refractivity contribution is 7.94. The Morgan fingerprint density at radius 2 is 2.00 bits per heavy atom. The number of rotatable bonds is 3. The summed E-state index contributed by atoms with van der Waals surface area (Å²) in [7, 11) is -3.84. The lowest BCUT2D eigenvalue weighted by atomic mass is 10.3. The Labute approximate surface area is 112 Å². The predicted octanol–water partition coefficient (Wildman–Crippen LogP) is 2.92. The summed E-state index contributed by atoms with van der Waals surface area (Å²) in [5.41, 5.74) is 5.54. The van der Waals surface area contributed by atoms with Gasteiger partial charge >= 0.3 is 0 Å². The molecule has 0 unspecified atom stereocenters. The van der Waals surface area contributed by atoms with Crippen LogP contribution < -0.4 is 10.5 Å². The van der Waals surface area contributed by atoms with E-state index in [2.05, 4.69) is 4.72 Å². The first-order valence-electron chi connectivity index (χ1n) is 4.72. The largest absolute Gasteiger partial charge is 0.399 e. The summed E-state index contributed by atoms with van der Waals surface area (Å²) in [6.45, 7) is 0. The third kappa shape index (κ3) is 2.74. The van der Waals surface area contributed by atoms with Crippen molar-refractivity contribution in [2.45, 2.75) is 4.21 Å². The number of nitrogen functional groups attached to an aromatic ring is 1. The average Bonchev–Trinajstić information content (AvgIpc) is 2.71. The third-order valence-corrected chi connectivity index (χ3v) is 5.14. The first kappa shape index (κ1) is 13.1. The molecule has 0 aliphatic rings. The van der Waals surface area contributed by atoms with Crippen molar-refractivity contribution in [1.82, 2.24) is 0 Å². The molecular formula is C10H8ClFN2O2S2. The van der Waals surface area contributed by atoms with Gasteiger partial charge in [0.05, 0.1) is 10.0 Å². The third-order valence-electron chi connectivity index (χ3n) is 2.05. The Balaban J connectivity index is 2.36. The van der Waals surface area contributed by atoms with E-state index in [9.17, 15) is 12.8 Å². The minimum atomic E-state index is -3.84. The number of sulfonamides is 1. The maximum absolute atomic E-state index is 13.4. The normalized spacial score (nSPS) is 11.4. The summed E-state index contributed by atoms with van der Waals surface area (Å²) in [6.07, 6.45) is 0. The molecule has 2 rings (SSSR count). The van der Waals surface area contributed by atoms with Crippen LogP contribution >= 0.6 is 22.9 Å². The summed E-state index contributed by atoms with van der Waals surface area (Å²) in [5, 5.41) is 0. The number of hydrogen-bond donors (Lipinski definition) is 2. The lowest BCUT2D eigenvalue weighted by Crippen LogP contribution is -2.12. The molecule has 0 spiro atoms. The highest BCUT2D eigenvalue weighted by atomic mass is 35.5. The molecule has 0 atom stereocenters. The summed E-state index contributed by atoms with van der Waals surface area (Å²) >= 11 is 6.54. The second kappa shape index (κ2) is 4.75. The van der Waals surface area contributed by atoms with Crippen molar-refractivity contribution < 1.29 is 12.8 Å². The average molecular weight is 307 g/mol. The van der Waals surface area contributed by atoms with Crippen LogP contribution in [0.5, 0.6) is 0 Å². The molecular weight excluding hydrogens is 299 g/mol. The van der Waals surface area contributed by atoms with Gasteiger partial charge in [-0.05, 0) is 30.3 Å². The monoisotopic (exact) mass is 306 g/mol. The number of anilines is 2. The lowest BCUT2D eigenvalue weighted by molar-refractivity contribution is 0.600. The van der Waals surface area contributed by atoms with E-state index in [0.717, 1.165) is 17.4 Å². The van der Waals surface area contributed by atoms with E-state index in [0.29, 0.717) is 4.34 Å². The quantitative estimate of drug-likeness (QED) is 0.856. The summed E-state index contributed by atoms with van der Waals surface area (Å²) in [5.74, 6) is -0.699. The maximum Gasteiger partial charge on any atom is 0.271 e. The van der Waals surface area contributed by atoms with Crippen molar-refractivity contribution in [2.24, 2.45) is 0 Å². The second-order valence-corrected chi connectivity index (χ2v) is 7.03. The Morgan fingerprint density at radius 1 is 1.28 bits per heavy atom. The molecule has 1 aromatic carbocycles. The van der Waals surface area contributed by atoms with Crippen LogP contribution in [0.15, 0.2) is 34.5 Å². The van der Waals surface area contributed by atoms with Crippen molar-refractivity contribution >= 4 is 44.3 Å². The number of benzene rings is 1. The van der Waals surface area contributed by atoms with Gasteiger partial charge in [0.2, 0.25) is 0 Å². The fourth-order valence-corrected chi connectivity index (χ4v) is 3.80. The first-order valence-corrected chi connectivity index (χ1v) is 7.39. The smallest absolute Gasteiger partial charge is 0.271 e. The lowest BCUT2D eigenvalue weighted by Gasteiger charge is -2.07. The first-order chi connectivity index (χ1) is 8.38. The molecule has 18 heavy (non-hydrogen) atoms. The zero-order valence-corrected chi connectivity index (χ0v) is 11.2. The molecule has 0 saturated heterocycles.